The van der Waals surface area contributed by atoms with E-state index in [-0.39, 0.29) is 33.1 Å². The van der Waals surface area contributed by atoms with Crippen molar-refractivity contribution < 1.29 is 18.3 Å². The van der Waals surface area contributed by atoms with Crippen LogP contribution in [0, 0.1) is 0 Å². The van der Waals surface area contributed by atoms with Crippen LogP contribution in [0.5, 0.6) is 11.5 Å². The lowest BCUT2D eigenvalue weighted by Gasteiger charge is -2.11. The molecule has 3 N–H and O–H groups in total. The van der Waals surface area contributed by atoms with Gasteiger partial charge in [0.05, 0.1) is 26.4 Å². The number of halogens is 3. The van der Waals surface area contributed by atoms with Crippen LogP contribution >= 0.6 is 34.8 Å². The van der Waals surface area contributed by atoms with Crippen molar-refractivity contribution in [2.24, 2.45) is 0 Å². The Bertz CT molecular complexity index is 794. The number of phenolic OH excluding ortho intramolecular Hbond substituents is 1. The molecule has 24 heavy (non-hydrogen) atoms. The van der Waals surface area contributed by atoms with Crippen molar-refractivity contribution in [1.29, 1.82) is 0 Å². The Hall–Kier alpha value is -1.67. The van der Waals surface area contributed by atoms with Gasteiger partial charge in [-0.15, -0.1) is 0 Å². The van der Waals surface area contributed by atoms with Gasteiger partial charge in [-0.05, 0) is 24.3 Å². The number of aromatic hydroxyl groups is 1. The SMILES string of the molecule is CC(=O)Nc1cc(OS(=O)Nc2cc(Cl)c(O)c(Cl)c2)ccc1Cl. The van der Waals surface area contributed by atoms with Gasteiger partial charge in [-0.3, -0.25) is 9.52 Å². The number of rotatable bonds is 5. The largest absolute Gasteiger partial charge is 0.505 e. The summed E-state index contributed by atoms with van der Waals surface area (Å²) >= 11 is 15.5. The van der Waals surface area contributed by atoms with Gasteiger partial charge in [0.15, 0.2) is 5.75 Å². The van der Waals surface area contributed by atoms with Crippen molar-refractivity contribution >= 4 is 63.4 Å². The summed E-state index contributed by atoms with van der Waals surface area (Å²) in [5.74, 6) is -0.361. The molecule has 6 nitrogen and oxygen atoms in total. The fraction of sp³-hybridized carbons (Fsp3) is 0.0714. The summed E-state index contributed by atoms with van der Waals surface area (Å²) in [5.41, 5.74) is 0.617. The first kappa shape index (κ1) is 18.7. The second-order valence-electron chi connectivity index (χ2n) is 4.53. The number of phenols is 1. The van der Waals surface area contributed by atoms with Crippen LogP contribution < -0.4 is 14.2 Å². The number of carbonyl (C=O) groups excluding carboxylic acids is 1. The normalized spacial score (nSPS) is 11.7. The molecule has 0 heterocycles. The van der Waals surface area contributed by atoms with Crippen molar-refractivity contribution in [3.63, 3.8) is 0 Å². The van der Waals surface area contributed by atoms with Gasteiger partial charge in [0.25, 0.3) is 0 Å². The summed E-state index contributed by atoms with van der Waals surface area (Å²) in [6.45, 7) is 1.34. The van der Waals surface area contributed by atoms with Gasteiger partial charge >= 0.3 is 11.3 Å². The monoisotopic (exact) mass is 408 g/mol. The Kier molecular flexibility index (Phi) is 6.17. The molecule has 128 valence electrons. The molecule has 1 unspecified atom stereocenters. The summed E-state index contributed by atoms with van der Waals surface area (Å²) in [4.78, 5) is 11.1. The molecule has 0 aliphatic heterocycles. The van der Waals surface area contributed by atoms with Gasteiger partial charge in [-0.2, -0.15) is 4.21 Å². The van der Waals surface area contributed by atoms with Crippen molar-refractivity contribution in [1.82, 2.24) is 0 Å². The van der Waals surface area contributed by atoms with E-state index in [2.05, 4.69) is 10.0 Å². The van der Waals surface area contributed by atoms with E-state index >= 15 is 0 Å². The highest BCUT2D eigenvalue weighted by atomic mass is 35.5. The van der Waals surface area contributed by atoms with Gasteiger partial charge < -0.3 is 14.6 Å². The van der Waals surface area contributed by atoms with Crippen molar-refractivity contribution in [3.8, 4) is 11.5 Å². The Morgan fingerprint density at radius 3 is 2.33 bits per heavy atom. The first-order chi connectivity index (χ1) is 11.3. The molecule has 0 saturated heterocycles. The Balaban J connectivity index is 2.11. The van der Waals surface area contributed by atoms with E-state index in [1.165, 1.54) is 37.3 Å². The highest BCUT2D eigenvalue weighted by Crippen LogP contribution is 2.35. The number of amides is 1. The minimum Gasteiger partial charge on any atom is -0.505 e. The molecule has 0 spiro atoms. The lowest BCUT2D eigenvalue weighted by Crippen LogP contribution is -2.11. The predicted octanol–water partition coefficient (Wildman–Crippen LogP) is 4.38. The fourth-order valence-electron chi connectivity index (χ4n) is 1.67. The third kappa shape index (κ3) is 4.91. The summed E-state index contributed by atoms with van der Waals surface area (Å²) in [5, 5.41) is 12.3. The Morgan fingerprint density at radius 2 is 1.75 bits per heavy atom. The molecule has 0 radical (unpaired) electrons. The van der Waals surface area contributed by atoms with Crippen LogP contribution in [0.2, 0.25) is 15.1 Å². The molecule has 0 saturated carbocycles. The van der Waals surface area contributed by atoms with E-state index in [4.69, 9.17) is 39.0 Å². The van der Waals surface area contributed by atoms with E-state index in [1.54, 1.807) is 0 Å². The Labute approximate surface area is 155 Å². The summed E-state index contributed by atoms with van der Waals surface area (Å²) in [6.07, 6.45) is 0. The van der Waals surface area contributed by atoms with E-state index in [9.17, 15) is 14.1 Å². The molecule has 0 aromatic heterocycles. The maximum atomic E-state index is 12.0. The average Bonchev–Trinajstić information content (AvgIpc) is 2.47. The quantitative estimate of drug-likeness (QED) is 0.639. The molecule has 2 aromatic rings. The molecule has 0 fully saturated rings. The maximum Gasteiger partial charge on any atom is 0.316 e. The van der Waals surface area contributed by atoms with Crippen LogP contribution in [0.15, 0.2) is 30.3 Å². The van der Waals surface area contributed by atoms with Crippen molar-refractivity contribution in [2.45, 2.75) is 6.92 Å². The highest BCUT2D eigenvalue weighted by molar-refractivity contribution is 7.81. The van der Waals surface area contributed by atoms with Gasteiger partial charge in [0, 0.05) is 13.0 Å². The lowest BCUT2D eigenvalue weighted by molar-refractivity contribution is -0.114. The second-order valence-corrected chi connectivity index (χ2v) is 6.59. The number of hydrogen-bond donors (Lipinski definition) is 3. The minimum atomic E-state index is -1.98. The molecule has 1 atom stereocenters. The zero-order chi connectivity index (χ0) is 17.9. The smallest absolute Gasteiger partial charge is 0.316 e. The molecule has 2 aromatic carbocycles. The lowest BCUT2D eigenvalue weighted by atomic mass is 10.3. The third-order valence-corrected chi connectivity index (χ3v) is 4.29. The summed E-state index contributed by atoms with van der Waals surface area (Å²) < 4.78 is 19.7. The van der Waals surface area contributed by atoms with E-state index < -0.39 is 11.3 Å². The first-order valence-corrected chi connectivity index (χ1v) is 8.59. The topological polar surface area (TPSA) is 87.7 Å². The standard InChI is InChI=1S/C14H11Cl3N2O4S/c1-7(20)18-13-6-9(2-3-10(13)15)23-24(22)19-8-4-11(16)14(21)12(17)5-8/h2-6,19,21H,1H3,(H,18,20). The zero-order valence-corrected chi connectivity index (χ0v) is 15.2. The molecule has 0 aliphatic rings. The highest BCUT2D eigenvalue weighted by Gasteiger charge is 2.11. The Morgan fingerprint density at radius 1 is 1.12 bits per heavy atom. The average molecular weight is 410 g/mol. The van der Waals surface area contributed by atoms with E-state index in [0.717, 1.165) is 0 Å². The van der Waals surface area contributed by atoms with Crippen LogP contribution in [-0.2, 0) is 16.1 Å². The van der Waals surface area contributed by atoms with Crippen LogP contribution in [-0.4, -0.2) is 15.2 Å². The zero-order valence-electron chi connectivity index (χ0n) is 12.1. The van der Waals surface area contributed by atoms with E-state index in [1.807, 2.05) is 0 Å². The summed E-state index contributed by atoms with van der Waals surface area (Å²) in [7, 11) is 0. The summed E-state index contributed by atoms with van der Waals surface area (Å²) in [6, 6.07) is 7.10. The van der Waals surface area contributed by atoms with E-state index in [0.29, 0.717) is 10.7 Å². The third-order valence-electron chi connectivity index (χ3n) is 2.64. The molecule has 0 aliphatic carbocycles. The van der Waals surface area contributed by atoms with Gasteiger partial charge in [0.1, 0.15) is 5.75 Å². The van der Waals surface area contributed by atoms with Gasteiger partial charge in [-0.25, -0.2) is 0 Å². The predicted molar refractivity (Wildman–Crippen MR) is 96.3 cm³/mol. The van der Waals surface area contributed by atoms with Crippen LogP contribution in [0.25, 0.3) is 0 Å². The molecule has 1 amide bonds. The molecule has 0 bridgehead atoms. The number of nitrogens with one attached hydrogen (secondary N) is 2. The van der Waals surface area contributed by atoms with Crippen LogP contribution in [0.1, 0.15) is 6.92 Å². The van der Waals surface area contributed by atoms with Crippen molar-refractivity contribution in [2.75, 3.05) is 10.0 Å². The van der Waals surface area contributed by atoms with Crippen LogP contribution in [0.4, 0.5) is 11.4 Å². The number of benzene rings is 2. The first-order valence-electron chi connectivity index (χ1n) is 6.38. The molecular weight excluding hydrogens is 399 g/mol. The fourth-order valence-corrected chi connectivity index (χ4v) is 2.95. The van der Waals surface area contributed by atoms with Gasteiger partial charge in [-0.1, -0.05) is 34.8 Å². The number of carbonyl (C=O) groups is 1. The number of anilines is 2. The minimum absolute atomic E-state index is 0.00133. The van der Waals surface area contributed by atoms with Gasteiger partial charge in [0.2, 0.25) is 5.91 Å². The molecule has 10 heteroatoms. The maximum absolute atomic E-state index is 12.0. The number of hydrogen-bond acceptors (Lipinski definition) is 4. The van der Waals surface area contributed by atoms with Crippen LogP contribution in [0.3, 0.4) is 0 Å². The van der Waals surface area contributed by atoms with Crippen molar-refractivity contribution in [3.05, 3.63) is 45.4 Å². The second kappa shape index (κ2) is 7.94. The molecular formula is C14H11Cl3N2O4S. The molecule has 2 rings (SSSR count).